The summed E-state index contributed by atoms with van der Waals surface area (Å²) in [5.41, 5.74) is 4.67. The number of hydrogen-bond acceptors (Lipinski definition) is 1. The Bertz CT molecular complexity index is 3040. The van der Waals surface area contributed by atoms with Gasteiger partial charge in [0.25, 0.3) is 0 Å². The van der Waals surface area contributed by atoms with Gasteiger partial charge in [0.15, 0.2) is 0 Å². The SMILES string of the molecule is [2H]c1c([2H])c(N(c2cccc(-c3cccc4ccccc34)c2)c2c([2H])c([2H])c(-c3ccc4ccccc4c3)c([2H])c2[2H])c([2H])c([2H])c1-c1cccc(-c2ccccc2)c1. The minimum absolute atomic E-state index is 0.109. The van der Waals surface area contributed by atoms with Crippen LogP contribution in [-0.4, -0.2) is 0 Å². The lowest BCUT2D eigenvalue weighted by molar-refractivity contribution is 1.28. The van der Waals surface area contributed by atoms with Gasteiger partial charge in [-0.3, -0.25) is 0 Å². The van der Waals surface area contributed by atoms with E-state index in [4.69, 9.17) is 0 Å². The lowest BCUT2D eigenvalue weighted by Gasteiger charge is -2.26. The van der Waals surface area contributed by atoms with Gasteiger partial charge in [-0.1, -0.05) is 164 Å². The Kier molecular flexibility index (Phi) is 5.96. The number of anilines is 3. The fourth-order valence-corrected chi connectivity index (χ4v) is 6.61. The van der Waals surface area contributed by atoms with Crippen molar-refractivity contribution in [1.29, 1.82) is 0 Å². The molecule has 0 amide bonds. The summed E-state index contributed by atoms with van der Waals surface area (Å²) in [4.78, 5) is 1.37. The Morgan fingerprint density at radius 2 is 0.824 bits per heavy atom. The van der Waals surface area contributed by atoms with Crippen molar-refractivity contribution in [3.05, 3.63) is 212 Å². The molecule has 9 aromatic rings. The van der Waals surface area contributed by atoms with E-state index in [1.165, 1.54) is 4.90 Å². The molecule has 240 valence electrons. The van der Waals surface area contributed by atoms with Crippen LogP contribution < -0.4 is 4.90 Å². The molecular weight excluding hydrogens is 615 g/mol. The molecule has 0 spiro atoms. The number of rotatable bonds is 7. The van der Waals surface area contributed by atoms with Crippen molar-refractivity contribution in [3.63, 3.8) is 0 Å². The monoisotopic (exact) mass is 657 g/mol. The fraction of sp³-hybridized carbons (Fsp3) is 0. The predicted molar refractivity (Wildman–Crippen MR) is 218 cm³/mol. The number of fused-ring (bicyclic) bond motifs is 2. The van der Waals surface area contributed by atoms with Crippen LogP contribution >= 0.6 is 0 Å². The zero-order chi connectivity index (χ0) is 40.9. The van der Waals surface area contributed by atoms with Gasteiger partial charge < -0.3 is 4.90 Å². The summed E-state index contributed by atoms with van der Waals surface area (Å²) in [5.74, 6) is 0. The molecule has 0 aromatic heterocycles. The van der Waals surface area contributed by atoms with Gasteiger partial charge in [0.1, 0.15) is 0 Å². The second kappa shape index (κ2) is 13.3. The molecule has 0 saturated carbocycles. The lowest BCUT2D eigenvalue weighted by Crippen LogP contribution is -2.10. The molecule has 0 saturated heterocycles. The molecule has 1 nitrogen and oxygen atoms in total. The number of benzene rings is 9. The van der Waals surface area contributed by atoms with Gasteiger partial charge in [0.05, 0.1) is 11.0 Å². The molecule has 0 aliphatic heterocycles. The zero-order valence-corrected chi connectivity index (χ0v) is 27.5. The minimum atomic E-state index is -0.392. The van der Waals surface area contributed by atoms with Crippen LogP contribution in [0.2, 0.25) is 0 Å². The predicted octanol–water partition coefficient (Wildman–Crippen LogP) is 14.1. The van der Waals surface area contributed by atoms with Gasteiger partial charge in [0, 0.05) is 17.1 Å². The topological polar surface area (TPSA) is 3.24 Å². The third-order valence-electron chi connectivity index (χ3n) is 9.17. The average molecular weight is 658 g/mol. The van der Waals surface area contributed by atoms with Crippen LogP contribution in [0.3, 0.4) is 0 Å². The molecule has 0 atom stereocenters. The van der Waals surface area contributed by atoms with Crippen molar-refractivity contribution < 1.29 is 11.0 Å². The summed E-state index contributed by atoms with van der Waals surface area (Å²) in [5, 5.41) is 3.88. The summed E-state index contributed by atoms with van der Waals surface area (Å²) in [6, 6.07) is 48.8. The summed E-state index contributed by atoms with van der Waals surface area (Å²) >= 11 is 0. The molecule has 9 aromatic carbocycles. The molecule has 1 heteroatoms. The summed E-state index contributed by atoms with van der Waals surface area (Å²) in [7, 11) is 0. The van der Waals surface area contributed by atoms with Gasteiger partial charge in [-0.05, 0) is 114 Å². The molecule has 0 heterocycles. The number of nitrogens with zero attached hydrogens (tertiary/aromatic N) is 1. The first-order valence-electron chi connectivity index (χ1n) is 20.9. The molecule has 0 fully saturated rings. The maximum Gasteiger partial charge on any atom is 0.0645 e. The first-order chi connectivity index (χ1) is 28.6. The Morgan fingerprint density at radius 3 is 1.57 bits per heavy atom. The van der Waals surface area contributed by atoms with Crippen LogP contribution in [0.5, 0.6) is 0 Å². The van der Waals surface area contributed by atoms with Crippen LogP contribution in [0.25, 0.3) is 66.1 Å². The molecule has 0 aliphatic rings. The van der Waals surface area contributed by atoms with Crippen LogP contribution in [0, 0.1) is 0 Å². The van der Waals surface area contributed by atoms with Crippen LogP contribution in [0.1, 0.15) is 11.0 Å². The maximum absolute atomic E-state index is 9.55. The molecule has 0 radical (unpaired) electrons. The Hall–Kier alpha value is -6.70. The van der Waals surface area contributed by atoms with Crippen molar-refractivity contribution in [2.75, 3.05) is 4.90 Å². The van der Waals surface area contributed by atoms with Crippen molar-refractivity contribution in [1.82, 2.24) is 0 Å². The van der Waals surface area contributed by atoms with Gasteiger partial charge in [-0.15, -0.1) is 0 Å². The molecule has 0 unspecified atom stereocenters. The summed E-state index contributed by atoms with van der Waals surface area (Å²) < 4.78 is 75.6. The van der Waals surface area contributed by atoms with E-state index < -0.39 is 12.1 Å². The third-order valence-corrected chi connectivity index (χ3v) is 9.17. The highest BCUT2D eigenvalue weighted by atomic mass is 15.1. The normalized spacial score (nSPS) is 13.3. The van der Waals surface area contributed by atoms with Crippen molar-refractivity contribution >= 4 is 38.6 Å². The summed E-state index contributed by atoms with van der Waals surface area (Å²) in [6.07, 6.45) is 0. The van der Waals surface area contributed by atoms with E-state index in [0.717, 1.165) is 43.8 Å². The van der Waals surface area contributed by atoms with Gasteiger partial charge >= 0.3 is 0 Å². The lowest BCUT2D eigenvalue weighted by atomic mass is 9.97. The van der Waals surface area contributed by atoms with E-state index in [1.807, 2.05) is 140 Å². The van der Waals surface area contributed by atoms with Crippen LogP contribution in [-0.2, 0) is 0 Å². The Labute approximate surface area is 310 Å². The van der Waals surface area contributed by atoms with Crippen LogP contribution in [0.15, 0.2) is 212 Å². The first-order valence-corrected chi connectivity index (χ1v) is 16.9. The van der Waals surface area contributed by atoms with E-state index in [2.05, 4.69) is 0 Å². The Balaban J connectivity index is 1.29. The quantitative estimate of drug-likeness (QED) is 0.165. The second-order valence-electron chi connectivity index (χ2n) is 12.4. The highest BCUT2D eigenvalue weighted by Crippen LogP contribution is 2.40. The van der Waals surface area contributed by atoms with E-state index in [9.17, 15) is 11.0 Å². The van der Waals surface area contributed by atoms with Gasteiger partial charge in [0.2, 0.25) is 0 Å². The van der Waals surface area contributed by atoms with E-state index in [1.54, 1.807) is 24.3 Å². The zero-order valence-electron chi connectivity index (χ0n) is 35.5. The maximum atomic E-state index is 9.55. The van der Waals surface area contributed by atoms with Crippen molar-refractivity contribution in [2.45, 2.75) is 0 Å². The molecular formula is C50H35N. The smallest absolute Gasteiger partial charge is 0.0645 e. The minimum Gasteiger partial charge on any atom is -0.310 e. The summed E-state index contributed by atoms with van der Waals surface area (Å²) in [6.45, 7) is 0. The largest absolute Gasteiger partial charge is 0.310 e. The van der Waals surface area contributed by atoms with Gasteiger partial charge in [-0.2, -0.15) is 0 Å². The Morgan fingerprint density at radius 1 is 0.294 bits per heavy atom. The van der Waals surface area contributed by atoms with Crippen LogP contribution in [0.4, 0.5) is 17.1 Å². The number of hydrogen-bond donors (Lipinski definition) is 0. The fourth-order valence-electron chi connectivity index (χ4n) is 6.61. The highest BCUT2D eigenvalue weighted by molar-refractivity contribution is 5.97. The molecule has 0 N–H and O–H groups in total. The van der Waals surface area contributed by atoms with E-state index >= 15 is 0 Å². The second-order valence-corrected chi connectivity index (χ2v) is 12.4. The van der Waals surface area contributed by atoms with E-state index in [0.29, 0.717) is 16.8 Å². The third kappa shape index (κ3) is 6.07. The molecule has 0 bridgehead atoms. The molecule has 51 heavy (non-hydrogen) atoms. The molecule has 0 aliphatic carbocycles. The van der Waals surface area contributed by atoms with Crippen molar-refractivity contribution in [3.8, 4) is 44.5 Å². The highest BCUT2D eigenvalue weighted by Gasteiger charge is 2.15. The first kappa shape index (κ1) is 22.8. The standard InChI is InChI=1S/C50H35N/c1-2-11-36(12-3-1)42-17-8-18-43(33-42)38-25-29-46(30-26-38)51(47-31-27-39(28-32-47)44-24-23-37-13-4-5-15-41(37)34-44)48-20-9-19-45(35-48)50-22-10-16-40-14-6-7-21-49(40)50/h1-35H/i25D,26D,27D,28D,29D,30D,31D,32D. The average Bonchev–Trinajstić information content (AvgIpc) is 3.27. The van der Waals surface area contributed by atoms with Gasteiger partial charge in [-0.25, -0.2) is 0 Å². The van der Waals surface area contributed by atoms with E-state index in [-0.39, 0.29) is 58.8 Å². The van der Waals surface area contributed by atoms with Crippen molar-refractivity contribution in [2.24, 2.45) is 0 Å². The molecule has 9 rings (SSSR count).